The number of hydrogen-bond donors (Lipinski definition) is 1. The zero-order valence-electron chi connectivity index (χ0n) is 11.5. The summed E-state index contributed by atoms with van der Waals surface area (Å²) in [5, 5.41) is 9.17. The van der Waals surface area contributed by atoms with Crippen LogP contribution >= 0.6 is 11.8 Å². The second kappa shape index (κ2) is 6.79. The van der Waals surface area contributed by atoms with Crippen molar-refractivity contribution in [3.8, 4) is 0 Å². The fourth-order valence-electron chi connectivity index (χ4n) is 2.35. The van der Waals surface area contributed by atoms with Crippen LogP contribution in [0.25, 0.3) is 0 Å². The smallest absolute Gasteiger partial charge is 0.326 e. The average molecular weight is 293 g/mol. The number of piperidine rings is 1. The first-order valence-corrected chi connectivity index (χ1v) is 7.78. The van der Waals surface area contributed by atoms with Gasteiger partial charge in [0.25, 0.3) is 0 Å². The van der Waals surface area contributed by atoms with E-state index in [1.807, 2.05) is 31.2 Å². The molecule has 0 radical (unpaired) electrons. The number of carboxylic acids is 1. The molecule has 0 bridgehead atoms. The van der Waals surface area contributed by atoms with Crippen LogP contribution in [0.3, 0.4) is 0 Å². The molecule has 1 N–H and O–H groups in total. The summed E-state index contributed by atoms with van der Waals surface area (Å²) in [4.78, 5) is 25.9. The average Bonchev–Trinajstić information content (AvgIpc) is 2.46. The lowest BCUT2D eigenvalue weighted by Crippen LogP contribution is -2.48. The number of amides is 1. The van der Waals surface area contributed by atoms with Gasteiger partial charge in [0, 0.05) is 11.4 Å². The Morgan fingerprint density at radius 3 is 2.65 bits per heavy atom. The van der Waals surface area contributed by atoms with Gasteiger partial charge in [-0.1, -0.05) is 17.7 Å². The molecule has 1 aromatic carbocycles. The highest BCUT2D eigenvalue weighted by Gasteiger charge is 2.31. The molecule has 0 aromatic heterocycles. The summed E-state index contributed by atoms with van der Waals surface area (Å²) in [5.41, 5.74) is 1.18. The summed E-state index contributed by atoms with van der Waals surface area (Å²) in [5.74, 6) is -0.673. The van der Waals surface area contributed by atoms with Gasteiger partial charge in [-0.25, -0.2) is 4.79 Å². The molecule has 1 saturated heterocycles. The van der Waals surface area contributed by atoms with E-state index in [-0.39, 0.29) is 5.91 Å². The number of aliphatic carboxylic acids is 1. The summed E-state index contributed by atoms with van der Waals surface area (Å²) in [6, 6.07) is 7.34. The van der Waals surface area contributed by atoms with Crippen molar-refractivity contribution in [3.63, 3.8) is 0 Å². The van der Waals surface area contributed by atoms with Crippen molar-refractivity contribution < 1.29 is 14.7 Å². The number of thioether (sulfide) groups is 1. The first-order valence-electron chi connectivity index (χ1n) is 6.79. The third-order valence-corrected chi connectivity index (χ3v) is 4.49. The van der Waals surface area contributed by atoms with E-state index in [2.05, 4.69) is 0 Å². The van der Waals surface area contributed by atoms with E-state index < -0.39 is 12.0 Å². The van der Waals surface area contributed by atoms with Crippen molar-refractivity contribution in [3.05, 3.63) is 29.8 Å². The van der Waals surface area contributed by atoms with E-state index in [1.165, 1.54) is 22.2 Å². The number of aryl methyl sites for hydroxylation is 1. The van der Waals surface area contributed by atoms with Gasteiger partial charge in [-0.2, -0.15) is 0 Å². The van der Waals surface area contributed by atoms with Gasteiger partial charge in [-0.05, 0) is 38.3 Å². The number of hydrogen-bond acceptors (Lipinski definition) is 3. The number of carbonyl (C=O) groups is 2. The highest BCUT2D eigenvalue weighted by Crippen LogP contribution is 2.22. The van der Waals surface area contributed by atoms with Crippen LogP contribution in [0, 0.1) is 6.92 Å². The Hall–Kier alpha value is -1.49. The SMILES string of the molecule is Cc1ccc(SCC(=O)N2CCCC[C@H]2C(=O)O)cc1. The predicted molar refractivity (Wildman–Crippen MR) is 78.9 cm³/mol. The van der Waals surface area contributed by atoms with Crippen molar-refractivity contribution in [2.45, 2.75) is 37.1 Å². The molecule has 0 aliphatic carbocycles. The summed E-state index contributed by atoms with van der Waals surface area (Å²) in [7, 11) is 0. The Bertz CT molecular complexity index is 486. The normalized spacial score (nSPS) is 18.9. The molecule has 5 heteroatoms. The molecule has 20 heavy (non-hydrogen) atoms. The van der Waals surface area contributed by atoms with E-state index in [0.29, 0.717) is 18.7 Å². The highest BCUT2D eigenvalue weighted by atomic mass is 32.2. The molecule has 4 nitrogen and oxygen atoms in total. The number of likely N-dealkylation sites (tertiary alicyclic amines) is 1. The quantitative estimate of drug-likeness (QED) is 0.867. The van der Waals surface area contributed by atoms with Gasteiger partial charge >= 0.3 is 5.97 Å². The minimum absolute atomic E-state index is 0.0809. The maximum absolute atomic E-state index is 12.2. The highest BCUT2D eigenvalue weighted by molar-refractivity contribution is 8.00. The monoisotopic (exact) mass is 293 g/mol. The number of rotatable bonds is 4. The molecule has 0 saturated carbocycles. The van der Waals surface area contributed by atoms with E-state index in [4.69, 9.17) is 0 Å². The second-order valence-electron chi connectivity index (χ2n) is 5.04. The van der Waals surface area contributed by atoms with E-state index in [0.717, 1.165) is 17.7 Å². The Morgan fingerprint density at radius 2 is 2.00 bits per heavy atom. The van der Waals surface area contributed by atoms with Gasteiger partial charge in [0.05, 0.1) is 5.75 Å². The van der Waals surface area contributed by atoms with Crippen LogP contribution in [0.15, 0.2) is 29.2 Å². The minimum Gasteiger partial charge on any atom is -0.480 e. The number of benzene rings is 1. The van der Waals surface area contributed by atoms with Crippen molar-refractivity contribution in [2.24, 2.45) is 0 Å². The van der Waals surface area contributed by atoms with Crippen LogP contribution in [-0.2, 0) is 9.59 Å². The van der Waals surface area contributed by atoms with Gasteiger partial charge in [0.1, 0.15) is 6.04 Å². The summed E-state index contributed by atoms with van der Waals surface area (Å²) in [6.07, 6.45) is 2.34. The molecule has 1 amide bonds. The van der Waals surface area contributed by atoms with Crippen LogP contribution in [0.4, 0.5) is 0 Å². The largest absolute Gasteiger partial charge is 0.480 e. The number of carboxylic acid groups (broad SMARTS) is 1. The molecule has 1 aromatic rings. The fourth-order valence-corrected chi connectivity index (χ4v) is 3.13. The van der Waals surface area contributed by atoms with Gasteiger partial charge in [0.15, 0.2) is 0 Å². The molecule has 1 fully saturated rings. The Balaban J connectivity index is 1.93. The van der Waals surface area contributed by atoms with Crippen molar-refractivity contribution in [1.82, 2.24) is 4.90 Å². The summed E-state index contributed by atoms with van der Waals surface area (Å²) in [6.45, 7) is 2.58. The molecular weight excluding hydrogens is 274 g/mol. The molecule has 0 spiro atoms. The van der Waals surface area contributed by atoms with Crippen LogP contribution in [0.2, 0.25) is 0 Å². The zero-order chi connectivity index (χ0) is 14.5. The molecule has 1 aliphatic rings. The van der Waals surface area contributed by atoms with Gasteiger partial charge in [-0.15, -0.1) is 11.8 Å². The van der Waals surface area contributed by atoms with Crippen molar-refractivity contribution >= 4 is 23.6 Å². The molecule has 108 valence electrons. The van der Waals surface area contributed by atoms with Crippen LogP contribution in [-0.4, -0.2) is 40.2 Å². The Kier molecular flexibility index (Phi) is 5.06. The molecule has 2 rings (SSSR count). The maximum atomic E-state index is 12.2. The summed E-state index contributed by atoms with van der Waals surface area (Å²) < 4.78 is 0. The van der Waals surface area contributed by atoms with Gasteiger partial charge in [0.2, 0.25) is 5.91 Å². The first-order chi connectivity index (χ1) is 9.58. The maximum Gasteiger partial charge on any atom is 0.326 e. The third-order valence-electron chi connectivity index (χ3n) is 3.49. The Labute approximate surface area is 123 Å². The first kappa shape index (κ1) is 14.9. The third kappa shape index (κ3) is 3.76. The molecule has 1 atom stereocenters. The van der Waals surface area contributed by atoms with Gasteiger partial charge < -0.3 is 10.0 Å². The summed E-state index contributed by atoms with van der Waals surface area (Å²) >= 11 is 1.46. The van der Waals surface area contributed by atoms with Crippen LogP contribution in [0.1, 0.15) is 24.8 Å². The van der Waals surface area contributed by atoms with E-state index in [9.17, 15) is 14.7 Å². The Morgan fingerprint density at radius 1 is 1.30 bits per heavy atom. The predicted octanol–water partition coefficient (Wildman–Crippen LogP) is 2.55. The number of nitrogens with zero attached hydrogens (tertiary/aromatic N) is 1. The molecule has 1 aliphatic heterocycles. The topological polar surface area (TPSA) is 57.6 Å². The number of carbonyl (C=O) groups excluding carboxylic acids is 1. The lowest BCUT2D eigenvalue weighted by atomic mass is 10.0. The second-order valence-corrected chi connectivity index (χ2v) is 6.09. The zero-order valence-corrected chi connectivity index (χ0v) is 12.4. The van der Waals surface area contributed by atoms with E-state index in [1.54, 1.807) is 0 Å². The standard InChI is InChI=1S/C15H19NO3S/c1-11-5-7-12(8-6-11)20-10-14(17)16-9-3-2-4-13(16)15(18)19/h5-8,13H,2-4,9-10H2,1H3,(H,18,19)/t13-/m0/s1. The van der Waals surface area contributed by atoms with Gasteiger partial charge in [-0.3, -0.25) is 4.79 Å². The lowest BCUT2D eigenvalue weighted by molar-refractivity contribution is -0.150. The lowest BCUT2D eigenvalue weighted by Gasteiger charge is -2.32. The van der Waals surface area contributed by atoms with Crippen molar-refractivity contribution in [1.29, 1.82) is 0 Å². The van der Waals surface area contributed by atoms with Crippen molar-refractivity contribution in [2.75, 3.05) is 12.3 Å². The minimum atomic E-state index is -0.890. The molecule has 1 heterocycles. The fraction of sp³-hybridized carbons (Fsp3) is 0.467. The van der Waals surface area contributed by atoms with Crippen LogP contribution in [0.5, 0.6) is 0 Å². The van der Waals surface area contributed by atoms with E-state index >= 15 is 0 Å². The molecular formula is C15H19NO3S. The van der Waals surface area contributed by atoms with Crippen LogP contribution < -0.4 is 0 Å². The molecule has 0 unspecified atom stereocenters.